The van der Waals surface area contributed by atoms with Gasteiger partial charge in [-0.15, -0.1) is 0 Å². The summed E-state index contributed by atoms with van der Waals surface area (Å²) >= 11 is 0. The lowest BCUT2D eigenvalue weighted by atomic mass is 10.3. The maximum atomic E-state index is 4.83. The highest BCUT2D eigenvalue weighted by atomic mass is 16.6. The lowest BCUT2D eigenvalue weighted by molar-refractivity contribution is 0.0855. The molecule has 14 heavy (non-hydrogen) atoms. The van der Waals surface area contributed by atoms with Crippen molar-refractivity contribution in [3.8, 4) is 0 Å². The molecule has 0 aliphatic rings. The van der Waals surface area contributed by atoms with Crippen molar-refractivity contribution in [2.45, 2.75) is 13.5 Å². The molecule has 0 bridgehead atoms. The van der Waals surface area contributed by atoms with Crippen molar-refractivity contribution in [1.29, 1.82) is 0 Å². The molecule has 0 radical (unpaired) electrons. The number of nitrogens with one attached hydrogen (secondary N) is 1. The number of rotatable bonds is 3. The van der Waals surface area contributed by atoms with E-state index in [1.54, 1.807) is 7.11 Å². The second-order valence-corrected chi connectivity index (χ2v) is 3.10. The molecular formula is C10H13N3O. The lowest BCUT2D eigenvalue weighted by Gasteiger charge is -2.02. The van der Waals surface area contributed by atoms with Crippen molar-refractivity contribution < 1.29 is 4.84 Å². The molecule has 0 aromatic carbocycles. The van der Waals surface area contributed by atoms with E-state index in [2.05, 4.69) is 14.9 Å². The molecule has 4 nitrogen and oxygen atoms in total. The Bertz CT molecular complexity index is 436. The normalized spacial score (nSPS) is 11.0. The summed E-state index contributed by atoms with van der Waals surface area (Å²) in [7, 11) is 1.61. The molecule has 1 N–H and O–H groups in total. The van der Waals surface area contributed by atoms with Crippen LogP contribution in [-0.2, 0) is 11.4 Å². The van der Waals surface area contributed by atoms with Crippen molar-refractivity contribution in [2.24, 2.45) is 0 Å². The summed E-state index contributed by atoms with van der Waals surface area (Å²) in [6.45, 7) is 2.66. The van der Waals surface area contributed by atoms with Crippen molar-refractivity contribution in [3.63, 3.8) is 0 Å². The minimum absolute atomic E-state index is 0.660. The average molecular weight is 191 g/mol. The topological polar surface area (TPSA) is 38.6 Å². The van der Waals surface area contributed by atoms with E-state index in [1.807, 2.05) is 31.3 Å². The van der Waals surface area contributed by atoms with Gasteiger partial charge < -0.3 is 9.24 Å². The monoisotopic (exact) mass is 191 g/mol. The van der Waals surface area contributed by atoms with Gasteiger partial charge in [0.05, 0.1) is 25.0 Å². The van der Waals surface area contributed by atoms with Gasteiger partial charge in [0.15, 0.2) is 0 Å². The fraction of sp³-hybridized carbons (Fsp3) is 0.300. The van der Waals surface area contributed by atoms with Crippen LogP contribution in [0.5, 0.6) is 0 Å². The first kappa shape index (κ1) is 9.18. The fourth-order valence-electron chi connectivity index (χ4n) is 1.52. The zero-order valence-corrected chi connectivity index (χ0v) is 8.32. The number of aryl methyl sites for hydroxylation is 1. The van der Waals surface area contributed by atoms with Crippen LogP contribution in [0, 0.1) is 6.92 Å². The Kier molecular flexibility index (Phi) is 2.47. The van der Waals surface area contributed by atoms with Gasteiger partial charge in [-0.1, -0.05) is 6.07 Å². The zero-order chi connectivity index (χ0) is 9.97. The quantitative estimate of drug-likeness (QED) is 0.743. The summed E-state index contributed by atoms with van der Waals surface area (Å²) in [5.74, 6) is 0. The van der Waals surface area contributed by atoms with E-state index < -0.39 is 0 Å². The van der Waals surface area contributed by atoms with Crippen molar-refractivity contribution >= 4 is 5.65 Å². The Morgan fingerprint density at radius 1 is 1.50 bits per heavy atom. The molecule has 0 fully saturated rings. The second kappa shape index (κ2) is 3.77. The van der Waals surface area contributed by atoms with E-state index in [0.29, 0.717) is 6.54 Å². The second-order valence-electron chi connectivity index (χ2n) is 3.10. The van der Waals surface area contributed by atoms with Crippen LogP contribution in [0.4, 0.5) is 0 Å². The Labute approximate surface area is 82.5 Å². The molecular weight excluding hydrogens is 178 g/mol. The van der Waals surface area contributed by atoms with Gasteiger partial charge in [-0.25, -0.2) is 4.98 Å². The maximum Gasteiger partial charge on any atom is 0.137 e. The van der Waals surface area contributed by atoms with E-state index >= 15 is 0 Å². The summed E-state index contributed by atoms with van der Waals surface area (Å²) in [4.78, 5) is 9.26. The summed E-state index contributed by atoms with van der Waals surface area (Å²) in [5, 5.41) is 0. The first-order valence-corrected chi connectivity index (χ1v) is 4.51. The van der Waals surface area contributed by atoms with Crippen LogP contribution in [0.25, 0.3) is 5.65 Å². The number of pyridine rings is 1. The van der Waals surface area contributed by atoms with E-state index in [4.69, 9.17) is 4.84 Å². The minimum atomic E-state index is 0.660. The van der Waals surface area contributed by atoms with Gasteiger partial charge >= 0.3 is 0 Å². The van der Waals surface area contributed by atoms with Gasteiger partial charge in [0.1, 0.15) is 5.65 Å². The Morgan fingerprint density at radius 3 is 3.14 bits per heavy atom. The van der Waals surface area contributed by atoms with Crippen LogP contribution >= 0.6 is 0 Å². The highest BCUT2D eigenvalue weighted by Crippen LogP contribution is 2.10. The Hall–Kier alpha value is -1.39. The molecule has 2 aromatic heterocycles. The predicted molar refractivity (Wildman–Crippen MR) is 53.8 cm³/mol. The number of imidazole rings is 1. The summed E-state index contributed by atoms with van der Waals surface area (Å²) in [6.07, 6.45) is 2.00. The summed E-state index contributed by atoms with van der Waals surface area (Å²) in [5.41, 5.74) is 5.95. The molecule has 2 heterocycles. The third kappa shape index (κ3) is 1.49. The van der Waals surface area contributed by atoms with Crippen molar-refractivity contribution in [3.05, 3.63) is 35.8 Å². The van der Waals surface area contributed by atoms with E-state index in [-0.39, 0.29) is 0 Å². The van der Waals surface area contributed by atoms with Gasteiger partial charge in [-0.05, 0) is 19.1 Å². The SMILES string of the molecule is CONCc1c(C)nc2ccccn12. The van der Waals surface area contributed by atoms with E-state index in [1.165, 1.54) is 0 Å². The lowest BCUT2D eigenvalue weighted by Crippen LogP contribution is -2.13. The van der Waals surface area contributed by atoms with Gasteiger partial charge in [0.25, 0.3) is 0 Å². The number of fused-ring (bicyclic) bond motifs is 1. The van der Waals surface area contributed by atoms with Crippen LogP contribution < -0.4 is 5.48 Å². The fourth-order valence-corrected chi connectivity index (χ4v) is 1.52. The number of hydroxylamine groups is 1. The van der Waals surface area contributed by atoms with Crippen LogP contribution in [0.3, 0.4) is 0 Å². The highest BCUT2D eigenvalue weighted by molar-refractivity contribution is 5.42. The molecule has 0 unspecified atom stereocenters. The van der Waals surface area contributed by atoms with Gasteiger partial charge in [0, 0.05) is 6.20 Å². The summed E-state index contributed by atoms with van der Waals surface area (Å²) in [6, 6.07) is 5.96. The smallest absolute Gasteiger partial charge is 0.137 e. The third-order valence-corrected chi connectivity index (χ3v) is 2.21. The standard InChI is InChI=1S/C10H13N3O/c1-8-9(7-11-14-2)13-6-4-3-5-10(13)12-8/h3-6,11H,7H2,1-2H3. The number of nitrogens with zero attached hydrogens (tertiary/aromatic N) is 2. The molecule has 0 spiro atoms. The van der Waals surface area contributed by atoms with Crippen LogP contribution in [-0.4, -0.2) is 16.5 Å². The molecule has 0 atom stereocenters. The molecule has 2 rings (SSSR count). The van der Waals surface area contributed by atoms with Crippen LogP contribution in [0.2, 0.25) is 0 Å². The maximum absolute atomic E-state index is 4.83. The third-order valence-electron chi connectivity index (χ3n) is 2.21. The molecule has 0 aliphatic carbocycles. The van der Waals surface area contributed by atoms with Gasteiger partial charge in [0.2, 0.25) is 0 Å². The minimum Gasteiger partial charge on any atom is -0.305 e. The largest absolute Gasteiger partial charge is 0.305 e. The van der Waals surface area contributed by atoms with E-state index in [9.17, 15) is 0 Å². The zero-order valence-electron chi connectivity index (χ0n) is 8.32. The Balaban J connectivity index is 2.45. The molecule has 4 heteroatoms. The number of hydrogen-bond donors (Lipinski definition) is 1. The molecule has 0 saturated heterocycles. The Morgan fingerprint density at radius 2 is 2.36 bits per heavy atom. The van der Waals surface area contributed by atoms with E-state index in [0.717, 1.165) is 17.0 Å². The number of hydrogen-bond acceptors (Lipinski definition) is 3. The first-order valence-electron chi connectivity index (χ1n) is 4.51. The van der Waals surface area contributed by atoms with Gasteiger partial charge in [-0.3, -0.25) is 0 Å². The highest BCUT2D eigenvalue weighted by Gasteiger charge is 2.06. The van der Waals surface area contributed by atoms with Crippen molar-refractivity contribution in [2.75, 3.05) is 7.11 Å². The molecule has 0 aliphatic heterocycles. The number of aromatic nitrogens is 2. The molecule has 0 amide bonds. The molecule has 2 aromatic rings. The predicted octanol–water partition coefficient (Wildman–Crippen LogP) is 1.29. The van der Waals surface area contributed by atoms with Gasteiger partial charge in [-0.2, -0.15) is 5.48 Å². The molecule has 74 valence electrons. The van der Waals surface area contributed by atoms with Crippen molar-refractivity contribution in [1.82, 2.24) is 14.9 Å². The average Bonchev–Trinajstić information content (AvgIpc) is 2.51. The van der Waals surface area contributed by atoms with Crippen LogP contribution in [0.1, 0.15) is 11.4 Å². The van der Waals surface area contributed by atoms with Crippen LogP contribution in [0.15, 0.2) is 24.4 Å². The first-order chi connectivity index (χ1) is 6.83. The summed E-state index contributed by atoms with van der Waals surface area (Å²) < 4.78 is 2.06. The molecule has 0 saturated carbocycles.